The number of hydrogen-bond donors (Lipinski definition) is 3. The predicted molar refractivity (Wildman–Crippen MR) is 134 cm³/mol. The molecule has 1 fully saturated rings. The van der Waals surface area contributed by atoms with Crippen LogP contribution in [0, 0.1) is 6.92 Å². The summed E-state index contributed by atoms with van der Waals surface area (Å²) < 4.78 is 0. The molecule has 3 N–H and O–H groups in total. The molecular formula is C27H32N2O4S. The normalized spacial score (nSPS) is 21.7. The Morgan fingerprint density at radius 1 is 1.12 bits per heavy atom. The molecule has 2 aliphatic rings. The van der Waals surface area contributed by atoms with E-state index in [4.69, 9.17) is 0 Å². The lowest BCUT2D eigenvalue weighted by Gasteiger charge is -2.29. The first-order chi connectivity index (χ1) is 16.4. The second-order valence-corrected chi connectivity index (χ2v) is 10.5. The zero-order chi connectivity index (χ0) is 24.1. The number of nitrogens with zero attached hydrogens (tertiary/aromatic N) is 1. The Kier molecular flexibility index (Phi) is 8.08. The summed E-state index contributed by atoms with van der Waals surface area (Å²) in [5.74, 6) is -1.32. The fourth-order valence-electron chi connectivity index (χ4n) is 4.63. The molecule has 34 heavy (non-hydrogen) atoms. The van der Waals surface area contributed by atoms with Crippen LogP contribution >= 0.6 is 11.8 Å². The van der Waals surface area contributed by atoms with Crippen LogP contribution in [0.1, 0.15) is 42.0 Å². The maximum absolute atomic E-state index is 13.0. The van der Waals surface area contributed by atoms with Crippen LogP contribution < -0.4 is 5.32 Å². The van der Waals surface area contributed by atoms with Crippen LogP contribution in [0.15, 0.2) is 65.6 Å². The lowest BCUT2D eigenvalue weighted by atomic mass is 10.0. The molecule has 0 aromatic heterocycles. The van der Waals surface area contributed by atoms with Crippen molar-refractivity contribution in [1.82, 2.24) is 10.2 Å². The molecule has 1 saturated heterocycles. The third-order valence-electron chi connectivity index (χ3n) is 6.44. The Bertz CT molecular complexity index is 1040. The molecule has 6 nitrogen and oxygen atoms in total. The average Bonchev–Trinajstić information content (AvgIpc) is 3.51. The highest BCUT2D eigenvalue weighted by Gasteiger charge is 2.38. The van der Waals surface area contributed by atoms with Crippen molar-refractivity contribution >= 4 is 23.6 Å². The third-order valence-corrected chi connectivity index (χ3v) is 7.74. The zero-order valence-electron chi connectivity index (χ0n) is 19.4. The largest absolute Gasteiger partial charge is 0.380 e. The quantitative estimate of drug-likeness (QED) is 0.540. The molecule has 4 rings (SSSR count). The van der Waals surface area contributed by atoms with Gasteiger partial charge in [0.25, 0.3) is 11.8 Å². The van der Waals surface area contributed by atoms with Crippen LogP contribution in [0.3, 0.4) is 0 Å². The van der Waals surface area contributed by atoms with Gasteiger partial charge in [-0.15, -0.1) is 11.8 Å². The van der Waals surface area contributed by atoms with Gasteiger partial charge in [-0.25, -0.2) is 0 Å². The maximum atomic E-state index is 13.0. The Hall–Kier alpha value is -2.61. The monoisotopic (exact) mass is 480 g/mol. The highest BCUT2D eigenvalue weighted by Crippen LogP contribution is 2.34. The Morgan fingerprint density at radius 2 is 1.91 bits per heavy atom. The highest BCUT2D eigenvalue weighted by molar-refractivity contribution is 8.03. The number of likely N-dealkylation sites (tertiary alicyclic amines) is 1. The summed E-state index contributed by atoms with van der Waals surface area (Å²) in [7, 11) is 0. The van der Waals surface area contributed by atoms with Crippen molar-refractivity contribution in [3.8, 4) is 0 Å². The van der Waals surface area contributed by atoms with Crippen LogP contribution in [0.4, 0.5) is 0 Å². The lowest BCUT2D eigenvalue weighted by molar-refractivity contribution is -0.153. The number of allylic oxidation sites excluding steroid dienone is 2. The van der Waals surface area contributed by atoms with Crippen LogP contribution in [-0.2, 0) is 16.0 Å². The molecular weight excluding hydrogens is 448 g/mol. The van der Waals surface area contributed by atoms with Crippen molar-refractivity contribution in [2.45, 2.75) is 56.1 Å². The number of aliphatic hydroxyl groups excluding tert-OH is 2. The third kappa shape index (κ3) is 5.90. The van der Waals surface area contributed by atoms with Gasteiger partial charge in [0.15, 0.2) is 12.2 Å². The van der Waals surface area contributed by atoms with Crippen molar-refractivity contribution in [2.24, 2.45) is 0 Å². The first kappa shape index (κ1) is 24.5. The number of rotatable bonds is 8. The second kappa shape index (κ2) is 11.2. The van der Waals surface area contributed by atoms with E-state index in [0.717, 1.165) is 36.8 Å². The number of nitrogens with one attached hydrogen (secondary N) is 1. The molecule has 2 amide bonds. The summed E-state index contributed by atoms with van der Waals surface area (Å²) in [5.41, 5.74) is 3.35. The molecule has 4 atom stereocenters. The molecule has 2 heterocycles. The maximum Gasteiger partial charge on any atom is 0.255 e. The van der Waals surface area contributed by atoms with E-state index in [1.165, 1.54) is 10.5 Å². The smallest absolute Gasteiger partial charge is 0.255 e. The van der Waals surface area contributed by atoms with E-state index >= 15 is 0 Å². The summed E-state index contributed by atoms with van der Waals surface area (Å²) in [4.78, 5) is 28.3. The van der Waals surface area contributed by atoms with Gasteiger partial charge >= 0.3 is 0 Å². The van der Waals surface area contributed by atoms with E-state index in [2.05, 4.69) is 23.5 Å². The topological polar surface area (TPSA) is 89.9 Å². The summed E-state index contributed by atoms with van der Waals surface area (Å²) >= 11 is 1.72. The van der Waals surface area contributed by atoms with Crippen LogP contribution in [0.25, 0.3) is 0 Å². The van der Waals surface area contributed by atoms with Crippen LogP contribution in [0.5, 0.6) is 0 Å². The Balaban J connectivity index is 1.26. The van der Waals surface area contributed by atoms with Crippen molar-refractivity contribution in [2.75, 3.05) is 13.1 Å². The molecule has 2 aromatic carbocycles. The first-order valence-electron chi connectivity index (χ1n) is 11.8. The molecule has 2 unspecified atom stereocenters. The molecule has 0 aliphatic carbocycles. The van der Waals surface area contributed by atoms with Gasteiger partial charge < -0.3 is 20.4 Å². The second-order valence-electron chi connectivity index (χ2n) is 9.05. The van der Waals surface area contributed by atoms with Crippen LogP contribution in [-0.4, -0.2) is 57.5 Å². The molecule has 2 aromatic rings. The Morgan fingerprint density at radius 3 is 2.68 bits per heavy atom. The van der Waals surface area contributed by atoms with Crippen molar-refractivity contribution in [3.63, 3.8) is 0 Å². The van der Waals surface area contributed by atoms with E-state index in [0.29, 0.717) is 13.1 Å². The van der Waals surface area contributed by atoms with Gasteiger partial charge in [0.1, 0.15) is 0 Å². The van der Waals surface area contributed by atoms with Gasteiger partial charge in [0, 0.05) is 24.8 Å². The minimum atomic E-state index is -1.80. The lowest BCUT2D eigenvalue weighted by Crippen LogP contribution is -2.51. The predicted octanol–water partition coefficient (Wildman–Crippen LogP) is 3.13. The number of carbonyl (C=O) groups is 2. The van der Waals surface area contributed by atoms with E-state index < -0.39 is 24.0 Å². The number of aliphatic hydroxyl groups is 2. The standard InChI is InChI=1S/C27H32N2O4S/c1-18-7-5-10-20(15-18)23-11-6-14-29(23)27(33)25(31)24(30)26(32)28-17-22-13-12-21(34-22)16-19-8-3-2-4-9-19/h2-5,7-10,12,15,22-25,30-31H,6,11,13-14,16-17H2,1H3,(H,28,32)/t22?,23?,24-,25-/m1/s1. The SMILES string of the molecule is Cc1cccc(C2CCCN2C(=O)[C@H](O)[C@@H](O)C(=O)NCC2CC=C(Cc3ccccc3)S2)c1. The van der Waals surface area contributed by atoms with E-state index in [9.17, 15) is 19.8 Å². The average molecular weight is 481 g/mol. The number of carbonyl (C=O) groups excluding carboxylic acids is 2. The number of thioether (sulfide) groups is 1. The van der Waals surface area contributed by atoms with Gasteiger partial charge in [-0.3, -0.25) is 9.59 Å². The summed E-state index contributed by atoms with van der Waals surface area (Å²) in [6, 6.07) is 18.0. The fourth-order valence-corrected chi connectivity index (χ4v) is 5.86. The number of amides is 2. The Labute approximate surface area is 205 Å². The minimum Gasteiger partial charge on any atom is -0.380 e. The molecule has 0 radical (unpaired) electrons. The highest BCUT2D eigenvalue weighted by atomic mass is 32.2. The van der Waals surface area contributed by atoms with Gasteiger partial charge in [-0.1, -0.05) is 66.2 Å². The number of benzene rings is 2. The van der Waals surface area contributed by atoms with E-state index in [1.54, 1.807) is 16.7 Å². The molecule has 0 bridgehead atoms. The van der Waals surface area contributed by atoms with Gasteiger partial charge in [0.2, 0.25) is 0 Å². The summed E-state index contributed by atoms with van der Waals surface area (Å²) in [6.45, 7) is 2.86. The molecule has 2 aliphatic heterocycles. The van der Waals surface area contributed by atoms with Crippen molar-refractivity contribution < 1.29 is 19.8 Å². The summed E-state index contributed by atoms with van der Waals surface area (Å²) in [6.07, 6.45) is 1.91. The number of aryl methyl sites for hydroxylation is 1. The van der Waals surface area contributed by atoms with Gasteiger partial charge in [-0.2, -0.15) is 0 Å². The molecule has 0 spiro atoms. The van der Waals surface area contributed by atoms with Crippen molar-refractivity contribution in [1.29, 1.82) is 0 Å². The number of hydrogen-bond acceptors (Lipinski definition) is 5. The van der Waals surface area contributed by atoms with E-state index in [1.807, 2.05) is 49.4 Å². The molecule has 0 saturated carbocycles. The molecule has 180 valence electrons. The van der Waals surface area contributed by atoms with Gasteiger partial charge in [0.05, 0.1) is 6.04 Å². The minimum absolute atomic E-state index is 0.152. The zero-order valence-corrected chi connectivity index (χ0v) is 20.2. The van der Waals surface area contributed by atoms with E-state index in [-0.39, 0.29) is 11.3 Å². The summed E-state index contributed by atoms with van der Waals surface area (Å²) in [5, 5.41) is 23.8. The fraction of sp³-hybridized carbons (Fsp3) is 0.407. The van der Waals surface area contributed by atoms with Crippen molar-refractivity contribution in [3.05, 3.63) is 82.3 Å². The van der Waals surface area contributed by atoms with Gasteiger partial charge in [-0.05, 0) is 42.2 Å². The van der Waals surface area contributed by atoms with Crippen LogP contribution in [0.2, 0.25) is 0 Å². The first-order valence-corrected chi connectivity index (χ1v) is 12.7. The molecule has 7 heteroatoms.